The number of hydrogen-bond acceptors (Lipinski definition) is 5. The van der Waals surface area contributed by atoms with Crippen LogP contribution in [0.4, 0.5) is 5.69 Å². The van der Waals surface area contributed by atoms with Gasteiger partial charge in [0.15, 0.2) is 0 Å². The topological polar surface area (TPSA) is 125 Å². The lowest BCUT2D eigenvalue weighted by Crippen LogP contribution is -2.29. The Morgan fingerprint density at radius 1 is 1.26 bits per heavy atom. The molecule has 1 saturated carbocycles. The maximum absolute atomic E-state index is 11.6. The van der Waals surface area contributed by atoms with Crippen LogP contribution in [0.3, 0.4) is 0 Å². The van der Waals surface area contributed by atoms with Crippen molar-refractivity contribution >= 4 is 35.1 Å². The van der Waals surface area contributed by atoms with E-state index in [1.165, 1.54) is 12.8 Å². The highest BCUT2D eigenvalue weighted by Crippen LogP contribution is 2.27. The van der Waals surface area contributed by atoms with Crippen LogP contribution in [0, 0.1) is 0 Å². The van der Waals surface area contributed by atoms with Gasteiger partial charge in [0.1, 0.15) is 5.75 Å². The third-order valence-corrected chi connectivity index (χ3v) is 3.04. The molecule has 8 nitrogen and oxygen atoms in total. The number of carboxylic acids is 2. The molecule has 9 heteroatoms. The van der Waals surface area contributed by atoms with Crippen molar-refractivity contribution in [2.24, 2.45) is 0 Å². The molecule has 1 fully saturated rings. The summed E-state index contributed by atoms with van der Waals surface area (Å²) in [6, 6.07) is 5.70. The van der Waals surface area contributed by atoms with Gasteiger partial charge in [0.2, 0.25) is 5.91 Å². The molecule has 0 spiro atoms. The van der Waals surface area contributed by atoms with Crippen molar-refractivity contribution in [2.75, 3.05) is 19.0 Å². The van der Waals surface area contributed by atoms with Gasteiger partial charge >= 0.3 is 11.9 Å². The standard InChI is InChI=1S/C12H15ClN2O2.C2H2O4/c1-17-11-5-4-9(6-10(11)13)15-12(16)7-14-8-2-3-8;3-1(4)2(5)6/h4-6,8,14H,2-3,7H2,1H3,(H,15,16);(H,3,4)(H,5,6). The van der Waals surface area contributed by atoms with Crippen LogP contribution in [0.5, 0.6) is 5.75 Å². The van der Waals surface area contributed by atoms with E-state index in [9.17, 15) is 4.79 Å². The molecule has 1 amide bonds. The molecule has 0 radical (unpaired) electrons. The number of carbonyl (C=O) groups excluding carboxylic acids is 1. The smallest absolute Gasteiger partial charge is 0.414 e. The number of anilines is 1. The quantitative estimate of drug-likeness (QED) is 0.591. The van der Waals surface area contributed by atoms with Gasteiger partial charge in [0.05, 0.1) is 18.7 Å². The summed E-state index contributed by atoms with van der Waals surface area (Å²) >= 11 is 5.96. The third-order valence-electron chi connectivity index (χ3n) is 2.75. The maximum Gasteiger partial charge on any atom is 0.414 e. The minimum atomic E-state index is -1.82. The zero-order valence-electron chi connectivity index (χ0n) is 12.3. The van der Waals surface area contributed by atoms with Crippen LogP contribution in [0.15, 0.2) is 18.2 Å². The number of hydrogen-bond donors (Lipinski definition) is 4. The molecule has 2 rings (SSSR count). The van der Waals surface area contributed by atoms with Crippen molar-refractivity contribution in [3.8, 4) is 5.75 Å². The number of nitrogens with one attached hydrogen (secondary N) is 2. The Kier molecular flexibility index (Phi) is 7.30. The lowest BCUT2D eigenvalue weighted by Gasteiger charge is -2.08. The van der Waals surface area contributed by atoms with Gasteiger partial charge < -0.3 is 25.6 Å². The lowest BCUT2D eigenvalue weighted by molar-refractivity contribution is -0.159. The first-order valence-corrected chi connectivity index (χ1v) is 7.04. The number of ether oxygens (including phenoxy) is 1. The molecule has 0 unspecified atom stereocenters. The van der Waals surface area contributed by atoms with Crippen LogP contribution < -0.4 is 15.4 Å². The maximum atomic E-state index is 11.6. The predicted molar refractivity (Wildman–Crippen MR) is 82.9 cm³/mol. The average Bonchev–Trinajstić information content (AvgIpc) is 3.30. The first-order valence-electron chi connectivity index (χ1n) is 6.66. The lowest BCUT2D eigenvalue weighted by atomic mass is 10.3. The Labute approximate surface area is 137 Å². The monoisotopic (exact) mass is 344 g/mol. The molecule has 0 heterocycles. The van der Waals surface area contributed by atoms with Gasteiger partial charge in [-0.05, 0) is 31.0 Å². The molecular formula is C14H17ClN2O6. The highest BCUT2D eigenvalue weighted by molar-refractivity contribution is 6.32. The minimum absolute atomic E-state index is 0.0573. The fourth-order valence-electron chi connectivity index (χ4n) is 1.47. The van der Waals surface area contributed by atoms with Crippen LogP contribution in [0.1, 0.15) is 12.8 Å². The first kappa shape index (κ1) is 18.7. The van der Waals surface area contributed by atoms with Crippen molar-refractivity contribution in [1.29, 1.82) is 0 Å². The van der Waals surface area contributed by atoms with Crippen LogP contribution in [0.25, 0.3) is 0 Å². The summed E-state index contributed by atoms with van der Waals surface area (Å²) in [5, 5.41) is 21.2. The van der Waals surface area contributed by atoms with Gasteiger partial charge in [-0.1, -0.05) is 11.6 Å². The van der Waals surface area contributed by atoms with E-state index in [0.29, 0.717) is 29.0 Å². The molecule has 0 aromatic heterocycles. The Balaban J connectivity index is 0.000000379. The Bertz CT molecular complexity index is 577. The molecular weight excluding hydrogens is 328 g/mol. The van der Waals surface area contributed by atoms with Gasteiger partial charge in [-0.25, -0.2) is 9.59 Å². The second-order valence-corrected chi connectivity index (χ2v) is 5.07. The summed E-state index contributed by atoms with van der Waals surface area (Å²) in [5.41, 5.74) is 0.679. The highest BCUT2D eigenvalue weighted by atomic mass is 35.5. The van der Waals surface area contributed by atoms with Crippen molar-refractivity contribution in [3.63, 3.8) is 0 Å². The number of methoxy groups -OCH3 is 1. The molecule has 1 aliphatic rings. The molecule has 0 saturated heterocycles. The van der Waals surface area contributed by atoms with Gasteiger partial charge in [0, 0.05) is 11.7 Å². The number of halogens is 1. The van der Waals surface area contributed by atoms with E-state index in [1.54, 1.807) is 25.3 Å². The Hall–Kier alpha value is -2.32. The fraction of sp³-hybridized carbons (Fsp3) is 0.357. The molecule has 1 aliphatic carbocycles. The number of rotatable bonds is 5. The van der Waals surface area contributed by atoms with Gasteiger partial charge in [-0.3, -0.25) is 4.79 Å². The Morgan fingerprint density at radius 2 is 1.87 bits per heavy atom. The molecule has 4 N–H and O–H groups in total. The van der Waals surface area contributed by atoms with Gasteiger partial charge in [0.25, 0.3) is 0 Å². The molecule has 0 bridgehead atoms. The number of carboxylic acid groups (broad SMARTS) is 2. The highest BCUT2D eigenvalue weighted by Gasteiger charge is 2.21. The van der Waals surface area contributed by atoms with E-state index in [4.69, 9.17) is 36.1 Å². The fourth-order valence-corrected chi connectivity index (χ4v) is 1.73. The predicted octanol–water partition coefficient (Wildman–Crippen LogP) is 1.19. The molecule has 1 aromatic carbocycles. The largest absolute Gasteiger partial charge is 0.495 e. The van der Waals surface area contributed by atoms with Crippen LogP contribution in [-0.2, 0) is 14.4 Å². The van der Waals surface area contributed by atoms with Crippen molar-refractivity contribution in [2.45, 2.75) is 18.9 Å². The second-order valence-electron chi connectivity index (χ2n) is 4.66. The summed E-state index contributed by atoms with van der Waals surface area (Å²) in [6.07, 6.45) is 2.34. The normalized spacial score (nSPS) is 12.6. The summed E-state index contributed by atoms with van der Waals surface area (Å²) in [4.78, 5) is 29.8. The third kappa shape index (κ3) is 7.48. The SMILES string of the molecule is COc1ccc(NC(=O)CNC2CC2)cc1Cl.O=C(O)C(=O)O. The van der Waals surface area contributed by atoms with Gasteiger partial charge in [-0.15, -0.1) is 0 Å². The summed E-state index contributed by atoms with van der Waals surface area (Å²) in [5.74, 6) is -3.11. The molecule has 0 aliphatic heterocycles. The van der Waals surface area contributed by atoms with E-state index in [1.807, 2.05) is 0 Å². The van der Waals surface area contributed by atoms with Crippen LogP contribution in [-0.4, -0.2) is 47.8 Å². The van der Waals surface area contributed by atoms with Crippen molar-refractivity contribution in [1.82, 2.24) is 5.32 Å². The van der Waals surface area contributed by atoms with E-state index in [0.717, 1.165) is 0 Å². The number of aliphatic carboxylic acids is 2. The van der Waals surface area contributed by atoms with E-state index >= 15 is 0 Å². The minimum Gasteiger partial charge on any atom is -0.495 e. The molecule has 1 aromatic rings. The first-order chi connectivity index (χ1) is 10.8. The van der Waals surface area contributed by atoms with Crippen LogP contribution >= 0.6 is 11.6 Å². The number of amides is 1. The second kappa shape index (κ2) is 8.96. The van der Waals surface area contributed by atoms with E-state index < -0.39 is 11.9 Å². The molecule has 23 heavy (non-hydrogen) atoms. The van der Waals surface area contributed by atoms with Crippen molar-refractivity contribution < 1.29 is 29.3 Å². The van der Waals surface area contributed by atoms with Gasteiger partial charge in [-0.2, -0.15) is 0 Å². The number of carbonyl (C=O) groups is 3. The van der Waals surface area contributed by atoms with Crippen molar-refractivity contribution in [3.05, 3.63) is 23.2 Å². The summed E-state index contributed by atoms with van der Waals surface area (Å²) in [6.45, 7) is 0.342. The summed E-state index contributed by atoms with van der Waals surface area (Å²) < 4.78 is 5.04. The van der Waals surface area contributed by atoms with E-state index in [-0.39, 0.29) is 5.91 Å². The number of benzene rings is 1. The summed E-state index contributed by atoms with van der Waals surface area (Å²) in [7, 11) is 1.55. The van der Waals surface area contributed by atoms with E-state index in [2.05, 4.69) is 10.6 Å². The zero-order chi connectivity index (χ0) is 17.4. The van der Waals surface area contributed by atoms with Crippen LogP contribution in [0.2, 0.25) is 5.02 Å². The average molecular weight is 345 g/mol. The molecule has 126 valence electrons. The zero-order valence-corrected chi connectivity index (χ0v) is 13.1. The Morgan fingerprint density at radius 3 is 2.30 bits per heavy atom. The molecule has 0 atom stereocenters.